The zero-order valence-electron chi connectivity index (χ0n) is 19.6. The van der Waals surface area contributed by atoms with Gasteiger partial charge in [0.05, 0.1) is 36.9 Å². The van der Waals surface area contributed by atoms with Gasteiger partial charge in [0.15, 0.2) is 0 Å². The average molecular weight is 471 g/mol. The van der Waals surface area contributed by atoms with E-state index in [0.717, 1.165) is 25.3 Å². The van der Waals surface area contributed by atoms with Crippen molar-refractivity contribution in [3.63, 3.8) is 0 Å². The fourth-order valence-electron chi connectivity index (χ4n) is 4.06. The van der Waals surface area contributed by atoms with Crippen molar-refractivity contribution in [1.82, 2.24) is 5.32 Å². The Morgan fingerprint density at radius 1 is 1.03 bits per heavy atom. The zero-order valence-corrected chi connectivity index (χ0v) is 19.6. The van der Waals surface area contributed by atoms with E-state index in [4.69, 9.17) is 9.47 Å². The molecule has 3 N–H and O–H groups in total. The number of anilines is 2. The number of carbonyl (C=O) groups excluding carboxylic acids is 2. The minimum atomic E-state index is -0.622. The number of hydrogen-bond donors (Lipinski definition) is 3. The Morgan fingerprint density at radius 3 is 2.32 bits per heavy atom. The summed E-state index contributed by atoms with van der Waals surface area (Å²) in [5.41, 5.74) is 0.260. The quantitative estimate of drug-likeness (QED) is 0.373. The van der Waals surface area contributed by atoms with E-state index in [-0.39, 0.29) is 35.4 Å². The van der Waals surface area contributed by atoms with Crippen LogP contribution in [-0.4, -0.2) is 43.5 Å². The molecule has 2 amide bonds. The highest BCUT2D eigenvalue weighted by Gasteiger charge is 2.23. The van der Waals surface area contributed by atoms with Crippen molar-refractivity contribution in [2.75, 3.05) is 31.4 Å². The number of carbonyl (C=O) groups is 2. The molecule has 2 atom stereocenters. The number of methoxy groups -OCH3 is 2. The highest BCUT2D eigenvalue weighted by molar-refractivity contribution is 6.10. The molecule has 0 heterocycles. The SMILES string of the molecule is COc1cc(NC(=O)c2cc([N+](=O)[O-])ccc2NC(=O)CN[C@@H]2CCCC[C@H]2C)cc(OC)c1. The van der Waals surface area contributed by atoms with Crippen LogP contribution in [0.1, 0.15) is 43.0 Å². The van der Waals surface area contributed by atoms with E-state index < -0.39 is 10.8 Å². The first-order valence-electron chi connectivity index (χ1n) is 11.2. The Hall–Kier alpha value is -3.66. The number of nitro benzene ring substituents is 1. The van der Waals surface area contributed by atoms with Gasteiger partial charge in [-0.05, 0) is 24.8 Å². The fourth-order valence-corrected chi connectivity index (χ4v) is 4.06. The first-order valence-corrected chi connectivity index (χ1v) is 11.2. The van der Waals surface area contributed by atoms with Crippen molar-refractivity contribution in [1.29, 1.82) is 0 Å². The molecule has 1 aliphatic rings. The molecule has 34 heavy (non-hydrogen) atoms. The van der Waals surface area contributed by atoms with Crippen LogP contribution in [0.25, 0.3) is 0 Å². The van der Waals surface area contributed by atoms with E-state index in [1.807, 2.05) is 0 Å². The van der Waals surface area contributed by atoms with Crippen LogP contribution in [0.3, 0.4) is 0 Å². The molecule has 0 radical (unpaired) electrons. The van der Waals surface area contributed by atoms with Crippen molar-refractivity contribution < 1.29 is 24.0 Å². The van der Waals surface area contributed by atoms with Gasteiger partial charge in [-0.15, -0.1) is 0 Å². The molecule has 1 aliphatic carbocycles. The Balaban J connectivity index is 1.77. The van der Waals surface area contributed by atoms with Gasteiger partial charge in [0.2, 0.25) is 5.91 Å². The molecule has 0 unspecified atom stereocenters. The van der Waals surface area contributed by atoms with Crippen LogP contribution in [0.4, 0.5) is 17.1 Å². The molecule has 182 valence electrons. The van der Waals surface area contributed by atoms with Crippen molar-refractivity contribution in [2.45, 2.75) is 38.6 Å². The second-order valence-corrected chi connectivity index (χ2v) is 8.34. The highest BCUT2D eigenvalue weighted by atomic mass is 16.6. The Labute approximate surface area is 198 Å². The van der Waals surface area contributed by atoms with Gasteiger partial charge in [0.25, 0.3) is 11.6 Å². The molecule has 0 aliphatic heterocycles. The number of nitrogens with zero attached hydrogens (tertiary/aromatic N) is 1. The number of hydrogen-bond acceptors (Lipinski definition) is 7. The maximum Gasteiger partial charge on any atom is 0.270 e. The lowest BCUT2D eigenvalue weighted by Gasteiger charge is -2.29. The Kier molecular flexibility index (Phi) is 8.42. The van der Waals surface area contributed by atoms with E-state index >= 15 is 0 Å². The predicted octanol–water partition coefficient (Wildman–Crippen LogP) is 3.97. The molecule has 0 saturated heterocycles. The van der Waals surface area contributed by atoms with Crippen LogP contribution >= 0.6 is 0 Å². The number of rotatable bonds is 9. The molecular weight excluding hydrogens is 440 g/mol. The summed E-state index contributed by atoms with van der Waals surface area (Å²) >= 11 is 0. The second-order valence-electron chi connectivity index (χ2n) is 8.34. The van der Waals surface area contributed by atoms with Gasteiger partial charge in [0.1, 0.15) is 11.5 Å². The number of benzene rings is 2. The maximum absolute atomic E-state index is 13.1. The average Bonchev–Trinajstić information content (AvgIpc) is 2.83. The summed E-state index contributed by atoms with van der Waals surface area (Å²) in [5, 5.41) is 20.0. The molecule has 0 aromatic heterocycles. The first kappa shape index (κ1) is 25.0. The third-order valence-corrected chi connectivity index (χ3v) is 5.98. The number of amides is 2. The molecule has 1 saturated carbocycles. The van der Waals surface area contributed by atoms with Crippen molar-refractivity contribution in [3.8, 4) is 11.5 Å². The zero-order chi connectivity index (χ0) is 24.7. The molecule has 2 aromatic rings. The third-order valence-electron chi connectivity index (χ3n) is 5.98. The minimum Gasteiger partial charge on any atom is -0.497 e. The Morgan fingerprint density at radius 2 is 1.71 bits per heavy atom. The molecule has 0 spiro atoms. The molecule has 10 nitrogen and oxygen atoms in total. The lowest BCUT2D eigenvalue weighted by atomic mass is 9.86. The smallest absolute Gasteiger partial charge is 0.270 e. The minimum absolute atomic E-state index is 0.0321. The van der Waals surface area contributed by atoms with Gasteiger partial charge in [-0.1, -0.05) is 19.8 Å². The van der Waals surface area contributed by atoms with Crippen LogP contribution in [0.15, 0.2) is 36.4 Å². The first-order chi connectivity index (χ1) is 16.3. The molecule has 1 fully saturated rings. The van der Waals surface area contributed by atoms with Crippen molar-refractivity contribution >= 4 is 28.9 Å². The van der Waals surface area contributed by atoms with Crippen LogP contribution < -0.4 is 25.4 Å². The summed E-state index contributed by atoms with van der Waals surface area (Å²) in [7, 11) is 2.97. The Bertz CT molecular complexity index is 1040. The van der Waals surface area contributed by atoms with E-state index in [1.165, 1.54) is 32.8 Å². The predicted molar refractivity (Wildman–Crippen MR) is 129 cm³/mol. The normalized spacial score (nSPS) is 17.5. The van der Waals surface area contributed by atoms with Gasteiger partial charge < -0.3 is 25.4 Å². The summed E-state index contributed by atoms with van der Waals surface area (Å²) in [6.45, 7) is 2.25. The monoisotopic (exact) mass is 470 g/mol. The standard InChI is InChI=1S/C24H30N4O6/c1-15-6-4-5-7-21(15)25-14-23(29)27-22-9-8-17(28(31)32)12-20(22)24(30)26-16-10-18(33-2)13-19(11-16)34-3/h8-13,15,21,25H,4-7,14H2,1-3H3,(H,26,30)(H,27,29)/t15-,21-/m1/s1. The number of nitrogens with one attached hydrogen (secondary N) is 3. The van der Waals surface area contributed by atoms with Crippen LogP contribution in [0.5, 0.6) is 11.5 Å². The second kappa shape index (κ2) is 11.5. The maximum atomic E-state index is 13.1. The van der Waals surface area contributed by atoms with E-state index in [9.17, 15) is 19.7 Å². The lowest BCUT2D eigenvalue weighted by molar-refractivity contribution is -0.384. The topological polar surface area (TPSA) is 132 Å². The summed E-state index contributed by atoms with van der Waals surface area (Å²) < 4.78 is 10.4. The van der Waals surface area contributed by atoms with Gasteiger partial charge >= 0.3 is 0 Å². The summed E-state index contributed by atoms with van der Waals surface area (Å²) in [5.74, 6) is 0.462. The largest absolute Gasteiger partial charge is 0.497 e. The molecule has 0 bridgehead atoms. The van der Waals surface area contributed by atoms with Crippen LogP contribution in [0.2, 0.25) is 0 Å². The van der Waals surface area contributed by atoms with Gasteiger partial charge in [0, 0.05) is 42.1 Å². The van der Waals surface area contributed by atoms with Gasteiger partial charge in [-0.25, -0.2) is 0 Å². The lowest BCUT2D eigenvalue weighted by Crippen LogP contribution is -2.41. The molecular formula is C24H30N4O6. The van der Waals surface area contributed by atoms with Crippen LogP contribution in [-0.2, 0) is 4.79 Å². The van der Waals surface area contributed by atoms with Crippen LogP contribution in [0, 0.1) is 16.0 Å². The van der Waals surface area contributed by atoms with E-state index in [2.05, 4.69) is 22.9 Å². The van der Waals surface area contributed by atoms with Crippen molar-refractivity contribution in [3.05, 3.63) is 52.1 Å². The van der Waals surface area contributed by atoms with E-state index in [0.29, 0.717) is 23.1 Å². The van der Waals surface area contributed by atoms with Gasteiger partial charge in [-0.2, -0.15) is 0 Å². The summed E-state index contributed by atoms with van der Waals surface area (Å²) in [4.78, 5) is 36.4. The highest BCUT2D eigenvalue weighted by Crippen LogP contribution is 2.28. The van der Waals surface area contributed by atoms with Gasteiger partial charge in [-0.3, -0.25) is 19.7 Å². The van der Waals surface area contributed by atoms with Crippen molar-refractivity contribution in [2.24, 2.45) is 5.92 Å². The van der Waals surface area contributed by atoms with E-state index in [1.54, 1.807) is 18.2 Å². The molecule has 3 rings (SSSR count). The number of nitro groups is 1. The number of ether oxygens (including phenoxy) is 2. The summed E-state index contributed by atoms with van der Waals surface area (Å²) in [6, 6.07) is 8.84. The molecule has 2 aromatic carbocycles. The third kappa shape index (κ3) is 6.44. The number of non-ortho nitro benzene ring substituents is 1. The molecule has 10 heteroatoms. The fraction of sp³-hybridized carbons (Fsp3) is 0.417. The summed E-state index contributed by atoms with van der Waals surface area (Å²) in [6.07, 6.45) is 4.47.